The fourth-order valence-electron chi connectivity index (χ4n) is 2.00. The van der Waals surface area contributed by atoms with E-state index in [-0.39, 0.29) is 0 Å². The summed E-state index contributed by atoms with van der Waals surface area (Å²) < 4.78 is 7.06. The third-order valence-corrected chi connectivity index (χ3v) is 4.22. The highest BCUT2D eigenvalue weighted by Crippen LogP contribution is 2.27. The molecule has 0 atom stereocenters. The molecule has 3 heteroatoms. The minimum absolute atomic E-state index is 0.582. The average Bonchev–Trinajstić information content (AvgIpc) is 2.78. The van der Waals surface area contributed by atoms with Crippen LogP contribution in [-0.2, 0) is 6.61 Å². The van der Waals surface area contributed by atoms with Crippen LogP contribution in [-0.4, -0.2) is 0 Å². The van der Waals surface area contributed by atoms with Gasteiger partial charge in [-0.15, -0.1) is 11.3 Å². The normalized spacial score (nSPS) is 10.8. The molecule has 0 fully saturated rings. The van der Waals surface area contributed by atoms with Crippen molar-refractivity contribution in [1.29, 1.82) is 0 Å². The molecule has 19 heavy (non-hydrogen) atoms. The van der Waals surface area contributed by atoms with Crippen molar-refractivity contribution in [3.05, 3.63) is 64.0 Å². The molecule has 0 saturated carbocycles. The van der Waals surface area contributed by atoms with Crippen molar-refractivity contribution in [2.24, 2.45) is 0 Å². The lowest BCUT2D eigenvalue weighted by Gasteiger charge is -2.04. The first kappa shape index (κ1) is 12.5. The van der Waals surface area contributed by atoms with Crippen molar-refractivity contribution < 1.29 is 4.74 Å². The molecule has 0 saturated heterocycles. The Kier molecular flexibility index (Phi) is 3.45. The van der Waals surface area contributed by atoms with Crippen molar-refractivity contribution in [3.8, 4) is 5.75 Å². The Morgan fingerprint density at radius 2 is 2.00 bits per heavy atom. The van der Waals surface area contributed by atoms with E-state index in [1.807, 2.05) is 24.3 Å². The summed E-state index contributed by atoms with van der Waals surface area (Å²) in [6.45, 7) is 2.69. The first-order valence-electron chi connectivity index (χ1n) is 6.08. The minimum atomic E-state index is 0.582. The molecule has 0 unspecified atom stereocenters. The second-order valence-electron chi connectivity index (χ2n) is 4.50. The van der Waals surface area contributed by atoms with Crippen molar-refractivity contribution in [3.63, 3.8) is 0 Å². The van der Waals surface area contributed by atoms with Crippen LogP contribution in [0.25, 0.3) is 10.1 Å². The van der Waals surface area contributed by atoms with E-state index >= 15 is 0 Å². The van der Waals surface area contributed by atoms with E-state index in [0.717, 1.165) is 5.75 Å². The number of fused-ring (bicyclic) bond motifs is 1. The molecule has 0 spiro atoms. The van der Waals surface area contributed by atoms with Crippen LogP contribution in [0.2, 0.25) is 5.02 Å². The summed E-state index contributed by atoms with van der Waals surface area (Å²) in [5, 5.41) is 1.99. The molecule has 1 nitrogen and oxygen atoms in total. The smallest absolute Gasteiger partial charge is 0.122 e. The van der Waals surface area contributed by atoms with Crippen LogP contribution in [0.15, 0.2) is 48.5 Å². The Morgan fingerprint density at radius 3 is 2.84 bits per heavy atom. The van der Waals surface area contributed by atoms with E-state index in [1.165, 1.54) is 20.5 Å². The van der Waals surface area contributed by atoms with E-state index in [1.54, 1.807) is 11.3 Å². The summed E-state index contributed by atoms with van der Waals surface area (Å²) >= 11 is 7.70. The van der Waals surface area contributed by atoms with Crippen LogP contribution in [0.3, 0.4) is 0 Å². The van der Waals surface area contributed by atoms with Gasteiger partial charge in [-0.1, -0.05) is 35.4 Å². The minimum Gasteiger partial charge on any atom is -0.488 e. The standard InChI is InChI=1S/C16H13ClOS/c1-11-5-6-16-12(7-11)8-15(19-16)10-18-14-4-2-3-13(17)9-14/h2-9H,10H2,1H3. The maximum Gasteiger partial charge on any atom is 0.122 e. The third-order valence-electron chi connectivity index (χ3n) is 2.90. The summed E-state index contributed by atoms with van der Waals surface area (Å²) in [6, 6.07) is 16.2. The van der Waals surface area contributed by atoms with Crippen LogP contribution in [0.1, 0.15) is 10.4 Å². The highest BCUT2D eigenvalue weighted by Gasteiger charge is 2.03. The van der Waals surface area contributed by atoms with Crippen LogP contribution < -0.4 is 4.74 Å². The first-order valence-corrected chi connectivity index (χ1v) is 7.27. The molecule has 0 aliphatic carbocycles. The van der Waals surface area contributed by atoms with Gasteiger partial charge < -0.3 is 4.74 Å². The molecular weight excluding hydrogens is 276 g/mol. The molecule has 0 N–H and O–H groups in total. The lowest BCUT2D eigenvalue weighted by atomic mass is 10.2. The monoisotopic (exact) mass is 288 g/mol. The van der Waals surface area contributed by atoms with Crippen LogP contribution in [0, 0.1) is 6.92 Å². The van der Waals surface area contributed by atoms with Gasteiger partial charge in [0.2, 0.25) is 0 Å². The fraction of sp³-hybridized carbons (Fsp3) is 0.125. The van der Waals surface area contributed by atoms with Gasteiger partial charge in [0.05, 0.1) is 0 Å². The van der Waals surface area contributed by atoms with Crippen LogP contribution >= 0.6 is 22.9 Å². The number of hydrogen-bond acceptors (Lipinski definition) is 2. The molecule has 0 aliphatic heterocycles. The molecule has 1 aromatic heterocycles. The molecule has 2 aromatic carbocycles. The number of benzene rings is 2. The third kappa shape index (κ3) is 2.91. The Morgan fingerprint density at radius 1 is 1.11 bits per heavy atom. The quantitative estimate of drug-likeness (QED) is 0.623. The van der Waals surface area contributed by atoms with E-state index in [4.69, 9.17) is 16.3 Å². The molecular formula is C16H13ClOS. The predicted molar refractivity (Wildman–Crippen MR) is 82.3 cm³/mol. The fourth-order valence-corrected chi connectivity index (χ4v) is 3.14. The second-order valence-corrected chi connectivity index (χ2v) is 6.10. The topological polar surface area (TPSA) is 9.23 Å². The lowest BCUT2D eigenvalue weighted by molar-refractivity contribution is 0.310. The highest BCUT2D eigenvalue weighted by molar-refractivity contribution is 7.19. The molecule has 0 aliphatic rings. The van der Waals surface area contributed by atoms with Gasteiger partial charge in [0.1, 0.15) is 12.4 Å². The zero-order valence-electron chi connectivity index (χ0n) is 10.5. The second kappa shape index (κ2) is 5.24. The van der Waals surface area contributed by atoms with Gasteiger partial charge in [-0.25, -0.2) is 0 Å². The molecule has 3 aromatic rings. The maximum absolute atomic E-state index is 5.93. The van der Waals surface area contributed by atoms with Gasteiger partial charge in [0, 0.05) is 14.6 Å². The van der Waals surface area contributed by atoms with Gasteiger partial charge in [-0.3, -0.25) is 0 Å². The summed E-state index contributed by atoms with van der Waals surface area (Å²) in [5.74, 6) is 0.807. The van der Waals surface area contributed by atoms with Gasteiger partial charge >= 0.3 is 0 Å². The number of thiophene rings is 1. The van der Waals surface area contributed by atoms with Crippen LogP contribution in [0.4, 0.5) is 0 Å². The van der Waals surface area contributed by atoms with Gasteiger partial charge in [0.25, 0.3) is 0 Å². The summed E-state index contributed by atoms with van der Waals surface area (Å²) in [4.78, 5) is 1.22. The number of ether oxygens (including phenoxy) is 1. The van der Waals surface area contributed by atoms with E-state index in [9.17, 15) is 0 Å². The van der Waals surface area contributed by atoms with Gasteiger partial charge in [-0.2, -0.15) is 0 Å². The Labute approximate surface area is 121 Å². The summed E-state index contributed by atoms with van der Waals surface area (Å²) in [6.07, 6.45) is 0. The predicted octanol–water partition coefficient (Wildman–Crippen LogP) is 5.44. The zero-order valence-corrected chi connectivity index (χ0v) is 12.1. The Balaban J connectivity index is 1.78. The lowest BCUT2D eigenvalue weighted by Crippen LogP contribution is -1.92. The van der Waals surface area contributed by atoms with Crippen molar-refractivity contribution in [2.75, 3.05) is 0 Å². The van der Waals surface area contributed by atoms with Crippen LogP contribution in [0.5, 0.6) is 5.75 Å². The number of hydrogen-bond donors (Lipinski definition) is 0. The highest BCUT2D eigenvalue weighted by atomic mass is 35.5. The SMILES string of the molecule is Cc1ccc2sc(COc3cccc(Cl)c3)cc2c1. The molecule has 96 valence electrons. The zero-order chi connectivity index (χ0) is 13.2. The van der Waals surface area contributed by atoms with E-state index in [0.29, 0.717) is 11.6 Å². The molecule has 3 rings (SSSR count). The molecule has 0 radical (unpaired) electrons. The Hall–Kier alpha value is -1.51. The summed E-state index contributed by atoms with van der Waals surface area (Å²) in [7, 11) is 0. The van der Waals surface area contributed by atoms with E-state index < -0.39 is 0 Å². The summed E-state index contributed by atoms with van der Waals surface area (Å²) in [5.41, 5.74) is 1.28. The van der Waals surface area contributed by atoms with Crippen molar-refractivity contribution in [1.82, 2.24) is 0 Å². The number of rotatable bonds is 3. The van der Waals surface area contributed by atoms with Crippen molar-refractivity contribution in [2.45, 2.75) is 13.5 Å². The largest absolute Gasteiger partial charge is 0.488 e. The Bertz CT molecular complexity index is 718. The number of halogens is 1. The number of aryl methyl sites for hydroxylation is 1. The molecule has 0 bridgehead atoms. The van der Waals surface area contributed by atoms with Gasteiger partial charge in [-0.05, 0) is 42.6 Å². The van der Waals surface area contributed by atoms with Gasteiger partial charge in [0.15, 0.2) is 0 Å². The maximum atomic E-state index is 5.93. The average molecular weight is 289 g/mol. The molecule has 0 amide bonds. The first-order chi connectivity index (χ1) is 9.20. The van der Waals surface area contributed by atoms with E-state index in [2.05, 4.69) is 31.2 Å². The van der Waals surface area contributed by atoms with Crippen molar-refractivity contribution >= 4 is 33.0 Å². The molecule has 1 heterocycles.